The van der Waals surface area contributed by atoms with E-state index >= 15 is 0 Å². The summed E-state index contributed by atoms with van der Waals surface area (Å²) in [5.74, 6) is 1.14. The maximum atomic E-state index is 11.5. The number of nitrogens with zero attached hydrogens (tertiary/aromatic N) is 1. The van der Waals surface area contributed by atoms with E-state index in [4.69, 9.17) is 9.47 Å². The van der Waals surface area contributed by atoms with Crippen molar-refractivity contribution < 1.29 is 14.3 Å². The van der Waals surface area contributed by atoms with Crippen LogP contribution in [-0.4, -0.2) is 24.8 Å². The number of carbonyl (C=O) groups is 1. The molecule has 0 fully saturated rings. The van der Waals surface area contributed by atoms with E-state index in [9.17, 15) is 4.79 Å². The van der Waals surface area contributed by atoms with E-state index in [0.29, 0.717) is 17.9 Å². The van der Waals surface area contributed by atoms with Gasteiger partial charge in [-0.25, -0.2) is 5.43 Å². The lowest BCUT2D eigenvalue weighted by molar-refractivity contribution is -0.124. The van der Waals surface area contributed by atoms with Gasteiger partial charge in [0.05, 0.1) is 12.8 Å². The topological polar surface area (TPSA) is 59.9 Å². The van der Waals surface area contributed by atoms with Crippen LogP contribution in [0.25, 0.3) is 0 Å². The van der Waals surface area contributed by atoms with Gasteiger partial charge in [-0.05, 0) is 30.7 Å². The second-order valence-electron chi connectivity index (χ2n) is 3.61. The lowest BCUT2D eigenvalue weighted by Crippen LogP contribution is -2.34. The summed E-state index contributed by atoms with van der Waals surface area (Å²) >= 11 is 0. The van der Waals surface area contributed by atoms with Crippen molar-refractivity contribution >= 4 is 11.6 Å². The van der Waals surface area contributed by atoms with Crippen molar-refractivity contribution in [1.82, 2.24) is 5.43 Å². The summed E-state index contributed by atoms with van der Waals surface area (Å²) in [4.78, 5) is 11.5. The molecule has 0 radical (unpaired) electrons. The number of carbonyl (C=O) groups excluding carboxylic acids is 1. The average Bonchev–Trinajstić information content (AvgIpc) is 2.71. The molecule has 1 aliphatic rings. The Bertz CT molecular complexity index is 440. The summed E-state index contributed by atoms with van der Waals surface area (Å²) in [5, 5.41) is 3.91. The molecule has 1 heterocycles. The summed E-state index contributed by atoms with van der Waals surface area (Å²) in [6.07, 6.45) is 0.0629. The third kappa shape index (κ3) is 2.38. The van der Waals surface area contributed by atoms with Gasteiger partial charge in [0.25, 0.3) is 5.91 Å². The van der Waals surface area contributed by atoms with Gasteiger partial charge in [0.1, 0.15) is 11.5 Å². The molecule has 1 aliphatic heterocycles. The third-order valence-corrected chi connectivity index (χ3v) is 2.53. The molecule has 0 saturated heterocycles. The molecule has 1 aromatic carbocycles. The molecule has 0 saturated carbocycles. The van der Waals surface area contributed by atoms with Crippen molar-refractivity contribution in [2.24, 2.45) is 5.10 Å². The fourth-order valence-electron chi connectivity index (χ4n) is 1.57. The molecule has 2 rings (SSSR count). The molecule has 0 aliphatic carbocycles. The van der Waals surface area contributed by atoms with Crippen molar-refractivity contribution in [1.29, 1.82) is 0 Å². The van der Waals surface area contributed by atoms with Crippen LogP contribution in [-0.2, 0) is 4.79 Å². The standard InChI is InChI=1S/C12H14N2O3/c1-3-10-11(12(15)14-13-10)17-9-6-4-8(16-2)5-7-9/h4-7,11H,3H2,1-2H3,(H,14,15). The van der Waals surface area contributed by atoms with Crippen LogP contribution in [0.4, 0.5) is 0 Å². The van der Waals surface area contributed by atoms with Gasteiger partial charge in [-0.2, -0.15) is 5.10 Å². The Kier molecular flexibility index (Phi) is 3.27. The Morgan fingerprint density at radius 1 is 1.29 bits per heavy atom. The summed E-state index contributed by atoms with van der Waals surface area (Å²) in [6, 6.07) is 7.09. The maximum Gasteiger partial charge on any atom is 0.287 e. The normalized spacial score (nSPS) is 18.6. The number of hydrogen-bond donors (Lipinski definition) is 1. The molecule has 1 amide bonds. The van der Waals surface area contributed by atoms with Gasteiger partial charge in [0.2, 0.25) is 6.10 Å². The number of methoxy groups -OCH3 is 1. The second kappa shape index (κ2) is 4.86. The molecular formula is C12H14N2O3. The van der Waals surface area contributed by atoms with Crippen LogP contribution in [0.2, 0.25) is 0 Å². The van der Waals surface area contributed by atoms with Gasteiger partial charge in [-0.3, -0.25) is 4.79 Å². The molecule has 0 bridgehead atoms. The highest BCUT2D eigenvalue weighted by atomic mass is 16.5. The zero-order valence-corrected chi connectivity index (χ0v) is 9.77. The number of hydrazone groups is 1. The number of hydrogen-bond acceptors (Lipinski definition) is 4. The fraction of sp³-hybridized carbons (Fsp3) is 0.333. The average molecular weight is 234 g/mol. The monoisotopic (exact) mass is 234 g/mol. The predicted octanol–water partition coefficient (Wildman–Crippen LogP) is 1.34. The largest absolute Gasteiger partial charge is 0.497 e. The second-order valence-corrected chi connectivity index (χ2v) is 3.61. The molecule has 17 heavy (non-hydrogen) atoms. The molecule has 1 aromatic rings. The lowest BCUT2D eigenvalue weighted by Gasteiger charge is -2.12. The van der Waals surface area contributed by atoms with Crippen LogP contribution >= 0.6 is 0 Å². The molecular weight excluding hydrogens is 220 g/mol. The van der Waals surface area contributed by atoms with E-state index in [-0.39, 0.29) is 5.91 Å². The Labute approximate surface area is 99.4 Å². The van der Waals surface area contributed by atoms with Gasteiger partial charge >= 0.3 is 0 Å². The zero-order chi connectivity index (χ0) is 12.3. The van der Waals surface area contributed by atoms with Crippen LogP contribution in [0.5, 0.6) is 11.5 Å². The first-order valence-electron chi connectivity index (χ1n) is 5.41. The molecule has 5 nitrogen and oxygen atoms in total. The van der Waals surface area contributed by atoms with Crippen LogP contribution in [0.15, 0.2) is 29.4 Å². The first-order valence-corrected chi connectivity index (χ1v) is 5.41. The summed E-state index contributed by atoms with van der Waals surface area (Å²) in [6.45, 7) is 1.93. The number of benzene rings is 1. The maximum absolute atomic E-state index is 11.5. The lowest BCUT2D eigenvalue weighted by atomic mass is 10.2. The van der Waals surface area contributed by atoms with Crippen LogP contribution in [0.3, 0.4) is 0 Å². The highest BCUT2D eigenvalue weighted by Crippen LogP contribution is 2.19. The highest BCUT2D eigenvalue weighted by molar-refractivity contribution is 6.10. The van der Waals surface area contributed by atoms with Crippen molar-refractivity contribution in [2.75, 3.05) is 7.11 Å². The number of ether oxygens (including phenoxy) is 2. The minimum atomic E-state index is -0.617. The van der Waals surface area contributed by atoms with Crippen molar-refractivity contribution in [3.63, 3.8) is 0 Å². The quantitative estimate of drug-likeness (QED) is 0.855. The van der Waals surface area contributed by atoms with Crippen molar-refractivity contribution in [3.05, 3.63) is 24.3 Å². The minimum Gasteiger partial charge on any atom is -0.497 e. The van der Waals surface area contributed by atoms with E-state index in [0.717, 1.165) is 5.75 Å². The Hall–Kier alpha value is -2.04. The molecule has 1 N–H and O–H groups in total. The van der Waals surface area contributed by atoms with E-state index in [1.807, 2.05) is 6.92 Å². The molecule has 5 heteroatoms. The smallest absolute Gasteiger partial charge is 0.287 e. The van der Waals surface area contributed by atoms with Crippen LogP contribution in [0.1, 0.15) is 13.3 Å². The van der Waals surface area contributed by atoms with Crippen LogP contribution in [0, 0.1) is 0 Å². The van der Waals surface area contributed by atoms with Crippen LogP contribution < -0.4 is 14.9 Å². The minimum absolute atomic E-state index is 0.224. The Balaban J connectivity index is 2.09. The summed E-state index contributed by atoms with van der Waals surface area (Å²) in [7, 11) is 1.60. The van der Waals surface area contributed by atoms with Crippen molar-refractivity contribution in [3.8, 4) is 11.5 Å². The molecule has 1 atom stereocenters. The highest BCUT2D eigenvalue weighted by Gasteiger charge is 2.30. The summed E-state index contributed by atoms with van der Waals surface area (Å²) < 4.78 is 10.6. The van der Waals surface area contributed by atoms with Gasteiger partial charge in [-0.15, -0.1) is 0 Å². The molecule has 1 unspecified atom stereocenters. The Morgan fingerprint density at radius 2 is 1.94 bits per heavy atom. The van der Waals surface area contributed by atoms with Crippen molar-refractivity contribution in [2.45, 2.75) is 19.4 Å². The van der Waals surface area contributed by atoms with E-state index in [1.54, 1.807) is 31.4 Å². The molecule has 0 spiro atoms. The SMILES string of the molecule is CCC1=NNC(=O)C1Oc1ccc(OC)cc1. The van der Waals surface area contributed by atoms with E-state index in [2.05, 4.69) is 10.5 Å². The van der Waals surface area contributed by atoms with E-state index < -0.39 is 6.10 Å². The van der Waals surface area contributed by atoms with E-state index in [1.165, 1.54) is 0 Å². The summed E-state index contributed by atoms with van der Waals surface area (Å²) in [5.41, 5.74) is 3.13. The van der Waals surface area contributed by atoms with Gasteiger partial charge < -0.3 is 9.47 Å². The molecule has 0 aromatic heterocycles. The van der Waals surface area contributed by atoms with Gasteiger partial charge in [0.15, 0.2) is 0 Å². The third-order valence-electron chi connectivity index (χ3n) is 2.53. The zero-order valence-electron chi connectivity index (χ0n) is 9.77. The molecule has 90 valence electrons. The number of amides is 1. The van der Waals surface area contributed by atoms with Gasteiger partial charge in [0, 0.05) is 0 Å². The Morgan fingerprint density at radius 3 is 2.53 bits per heavy atom. The van der Waals surface area contributed by atoms with Gasteiger partial charge in [-0.1, -0.05) is 6.92 Å². The fourth-order valence-corrected chi connectivity index (χ4v) is 1.57. The predicted molar refractivity (Wildman–Crippen MR) is 63.3 cm³/mol. The number of nitrogens with one attached hydrogen (secondary N) is 1. The first-order chi connectivity index (χ1) is 8.24. The number of rotatable bonds is 4. The first kappa shape index (κ1) is 11.4.